The zero-order valence-corrected chi connectivity index (χ0v) is 15.6. The van der Waals surface area contributed by atoms with Crippen molar-refractivity contribution in [2.45, 2.75) is 33.1 Å². The number of hydrogen-bond donors (Lipinski definition) is 0. The van der Waals surface area contributed by atoms with Gasteiger partial charge < -0.3 is 14.7 Å². The number of amides is 2. The molecular formula is C20H31N3O2. The summed E-state index contributed by atoms with van der Waals surface area (Å²) in [5.74, 6) is 0.405. The van der Waals surface area contributed by atoms with Gasteiger partial charge in [0, 0.05) is 45.6 Å². The van der Waals surface area contributed by atoms with Gasteiger partial charge >= 0.3 is 0 Å². The lowest BCUT2D eigenvalue weighted by atomic mass is 10.1. The highest BCUT2D eigenvalue weighted by Crippen LogP contribution is 2.09. The molecule has 0 atom stereocenters. The smallest absolute Gasteiger partial charge is 0.223 e. The van der Waals surface area contributed by atoms with Crippen molar-refractivity contribution in [3.8, 4) is 0 Å². The van der Waals surface area contributed by atoms with Gasteiger partial charge in [0.1, 0.15) is 0 Å². The summed E-state index contributed by atoms with van der Waals surface area (Å²) in [4.78, 5) is 30.7. The number of nitrogens with zero attached hydrogens (tertiary/aromatic N) is 3. The molecule has 1 fully saturated rings. The second-order valence-corrected chi connectivity index (χ2v) is 6.52. The van der Waals surface area contributed by atoms with E-state index in [1.807, 2.05) is 28.0 Å². The molecule has 25 heavy (non-hydrogen) atoms. The van der Waals surface area contributed by atoms with E-state index < -0.39 is 0 Å². The minimum atomic E-state index is 0.194. The molecule has 0 bridgehead atoms. The Hall–Kier alpha value is -1.88. The van der Waals surface area contributed by atoms with E-state index in [-0.39, 0.29) is 11.8 Å². The summed E-state index contributed by atoms with van der Waals surface area (Å²) >= 11 is 0. The van der Waals surface area contributed by atoms with E-state index in [9.17, 15) is 9.59 Å². The van der Waals surface area contributed by atoms with Crippen molar-refractivity contribution in [1.82, 2.24) is 14.7 Å². The van der Waals surface area contributed by atoms with Crippen LogP contribution in [0.3, 0.4) is 0 Å². The minimum absolute atomic E-state index is 0.194. The average molecular weight is 345 g/mol. The molecule has 138 valence electrons. The van der Waals surface area contributed by atoms with Crippen molar-refractivity contribution in [1.29, 1.82) is 0 Å². The summed E-state index contributed by atoms with van der Waals surface area (Å²) in [7, 11) is 0. The Balaban J connectivity index is 1.69. The second kappa shape index (κ2) is 10.2. The van der Waals surface area contributed by atoms with Crippen LogP contribution in [0, 0.1) is 0 Å². The predicted molar refractivity (Wildman–Crippen MR) is 100 cm³/mol. The largest absolute Gasteiger partial charge is 0.339 e. The normalized spacial score (nSPS) is 14.8. The van der Waals surface area contributed by atoms with E-state index >= 15 is 0 Å². The first kappa shape index (κ1) is 19.4. The molecular weight excluding hydrogens is 314 g/mol. The third-order valence-corrected chi connectivity index (χ3v) is 4.99. The van der Waals surface area contributed by atoms with E-state index in [1.165, 1.54) is 5.56 Å². The van der Waals surface area contributed by atoms with Gasteiger partial charge in [0.2, 0.25) is 11.8 Å². The summed E-state index contributed by atoms with van der Waals surface area (Å²) in [6.07, 6.45) is 1.90. The van der Waals surface area contributed by atoms with Crippen LogP contribution in [0.4, 0.5) is 0 Å². The van der Waals surface area contributed by atoms with Crippen LogP contribution in [-0.4, -0.2) is 72.3 Å². The van der Waals surface area contributed by atoms with Crippen LogP contribution in [-0.2, 0) is 16.0 Å². The molecule has 1 heterocycles. The van der Waals surface area contributed by atoms with E-state index in [1.54, 1.807) is 0 Å². The number of benzene rings is 1. The molecule has 2 rings (SSSR count). The molecule has 5 heteroatoms. The molecule has 0 aliphatic carbocycles. The van der Waals surface area contributed by atoms with Gasteiger partial charge in [-0.05, 0) is 25.1 Å². The van der Waals surface area contributed by atoms with Gasteiger partial charge in [0.05, 0.1) is 0 Å². The van der Waals surface area contributed by atoms with E-state index in [2.05, 4.69) is 30.9 Å². The molecule has 1 aliphatic heterocycles. The second-order valence-electron chi connectivity index (χ2n) is 6.52. The Bertz CT molecular complexity index is 535. The van der Waals surface area contributed by atoms with Crippen molar-refractivity contribution in [2.24, 2.45) is 0 Å². The monoisotopic (exact) mass is 345 g/mol. The molecule has 0 radical (unpaired) electrons. The molecule has 0 saturated carbocycles. The molecule has 1 aromatic carbocycles. The molecule has 1 saturated heterocycles. The fraction of sp³-hybridized carbons (Fsp3) is 0.600. The lowest BCUT2D eigenvalue weighted by Gasteiger charge is -2.35. The fourth-order valence-corrected chi connectivity index (χ4v) is 3.21. The molecule has 1 aromatic rings. The van der Waals surface area contributed by atoms with Gasteiger partial charge in [-0.2, -0.15) is 0 Å². The van der Waals surface area contributed by atoms with Crippen molar-refractivity contribution in [3.05, 3.63) is 35.9 Å². The lowest BCUT2D eigenvalue weighted by molar-refractivity contribution is -0.139. The van der Waals surface area contributed by atoms with Crippen LogP contribution < -0.4 is 0 Å². The summed E-state index contributed by atoms with van der Waals surface area (Å²) in [6, 6.07) is 10.1. The van der Waals surface area contributed by atoms with Crippen molar-refractivity contribution < 1.29 is 9.59 Å². The molecule has 0 N–H and O–H groups in total. The highest BCUT2D eigenvalue weighted by Gasteiger charge is 2.23. The minimum Gasteiger partial charge on any atom is -0.339 e. The number of rotatable bonds is 8. The van der Waals surface area contributed by atoms with Gasteiger partial charge in [0.15, 0.2) is 0 Å². The van der Waals surface area contributed by atoms with Crippen LogP contribution in [0.1, 0.15) is 32.3 Å². The summed E-state index contributed by atoms with van der Waals surface area (Å²) in [6.45, 7) is 9.65. The maximum absolute atomic E-state index is 12.4. The first-order valence-corrected chi connectivity index (χ1v) is 9.45. The Labute approximate surface area is 151 Å². The Morgan fingerprint density at radius 2 is 1.40 bits per heavy atom. The Morgan fingerprint density at radius 1 is 0.880 bits per heavy atom. The third kappa shape index (κ3) is 6.16. The van der Waals surface area contributed by atoms with Crippen LogP contribution >= 0.6 is 0 Å². The van der Waals surface area contributed by atoms with Gasteiger partial charge in [-0.15, -0.1) is 0 Å². The fourth-order valence-electron chi connectivity index (χ4n) is 3.21. The third-order valence-electron chi connectivity index (χ3n) is 4.99. The number of carbonyl (C=O) groups excluding carboxylic acids is 2. The molecule has 1 aliphatic rings. The molecule has 0 spiro atoms. The quantitative estimate of drug-likeness (QED) is 0.724. The lowest BCUT2D eigenvalue weighted by Crippen LogP contribution is -2.51. The maximum Gasteiger partial charge on any atom is 0.223 e. The number of hydrogen-bond acceptors (Lipinski definition) is 3. The van der Waals surface area contributed by atoms with Crippen LogP contribution in [0.25, 0.3) is 0 Å². The standard InChI is InChI=1S/C20H31N3O2/c1-3-21(4-2)13-12-20(25)23-16-14-22(15-17-23)19(24)11-10-18-8-6-5-7-9-18/h5-9H,3-4,10-17H2,1-2H3. The molecule has 0 unspecified atom stereocenters. The molecule has 2 amide bonds. The van der Waals surface area contributed by atoms with Crippen molar-refractivity contribution in [2.75, 3.05) is 45.8 Å². The van der Waals surface area contributed by atoms with Crippen molar-refractivity contribution in [3.63, 3.8) is 0 Å². The zero-order chi connectivity index (χ0) is 18.1. The zero-order valence-electron chi connectivity index (χ0n) is 15.6. The van der Waals surface area contributed by atoms with Crippen LogP contribution in [0.15, 0.2) is 30.3 Å². The maximum atomic E-state index is 12.4. The predicted octanol–water partition coefficient (Wildman–Crippen LogP) is 2.02. The summed E-state index contributed by atoms with van der Waals surface area (Å²) < 4.78 is 0. The van der Waals surface area contributed by atoms with Gasteiger partial charge in [0.25, 0.3) is 0 Å². The van der Waals surface area contributed by atoms with Crippen molar-refractivity contribution >= 4 is 11.8 Å². The average Bonchev–Trinajstić information content (AvgIpc) is 2.67. The van der Waals surface area contributed by atoms with Gasteiger partial charge in [-0.25, -0.2) is 0 Å². The number of piperazine rings is 1. The number of carbonyl (C=O) groups is 2. The molecule has 5 nitrogen and oxygen atoms in total. The number of aryl methyl sites for hydroxylation is 1. The Morgan fingerprint density at radius 3 is 1.92 bits per heavy atom. The van der Waals surface area contributed by atoms with Gasteiger partial charge in [-0.3, -0.25) is 9.59 Å². The first-order chi connectivity index (χ1) is 12.1. The highest BCUT2D eigenvalue weighted by molar-refractivity contribution is 5.78. The Kier molecular flexibility index (Phi) is 7.92. The topological polar surface area (TPSA) is 43.9 Å². The van der Waals surface area contributed by atoms with Crippen LogP contribution in [0.2, 0.25) is 0 Å². The molecule has 0 aromatic heterocycles. The van der Waals surface area contributed by atoms with E-state index in [4.69, 9.17) is 0 Å². The van der Waals surface area contributed by atoms with Crippen LogP contribution in [0.5, 0.6) is 0 Å². The summed E-state index contributed by atoms with van der Waals surface area (Å²) in [5.41, 5.74) is 1.20. The first-order valence-electron chi connectivity index (χ1n) is 9.45. The van der Waals surface area contributed by atoms with E-state index in [0.717, 1.165) is 26.1 Å². The van der Waals surface area contributed by atoms with E-state index in [0.29, 0.717) is 39.0 Å². The SMILES string of the molecule is CCN(CC)CCC(=O)N1CCN(C(=O)CCc2ccccc2)CC1. The highest BCUT2D eigenvalue weighted by atomic mass is 16.2. The van der Waals surface area contributed by atoms with Gasteiger partial charge in [-0.1, -0.05) is 44.2 Å². The summed E-state index contributed by atoms with van der Waals surface area (Å²) in [5, 5.41) is 0.